The highest BCUT2D eigenvalue weighted by Gasteiger charge is 2.07. The third-order valence-electron chi connectivity index (χ3n) is 2.45. The first-order valence-corrected chi connectivity index (χ1v) is 7.30. The molecule has 0 amide bonds. The van der Waals surface area contributed by atoms with E-state index in [2.05, 4.69) is 6.92 Å². The van der Waals surface area contributed by atoms with Gasteiger partial charge in [-0.2, -0.15) is 4.89 Å². The van der Waals surface area contributed by atoms with Gasteiger partial charge in [0.25, 0.3) is 0 Å². The minimum absolute atomic E-state index is 0.491. The highest BCUT2D eigenvalue weighted by Crippen LogP contribution is 2.17. The summed E-state index contributed by atoms with van der Waals surface area (Å²) in [5, 5.41) is 0. The topological polar surface area (TPSA) is 37.3 Å². The number of unbranched alkanes of at least 4 members (excludes halogenated alkanes) is 8. The summed E-state index contributed by atoms with van der Waals surface area (Å²) in [5.74, 6) is 0. The molecule has 0 saturated carbocycles. The molecule has 1 unspecified atom stereocenters. The van der Waals surface area contributed by atoms with Crippen LogP contribution >= 0.6 is 8.03 Å². The maximum Gasteiger partial charge on any atom is 0.505 e. The Labute approximate surface area is 89.0 Å². The van der Waals surface area contributed by atoms with Crippen LogP contribution in [0.4, 0.5) is 0 Å². The van der Waals surface area contributed by atoms with Crippen molar-refractivity contribution in [2.45, 2.75) is 64.7 Å². The van der Waals surface area contributed by atoms with Crippen molar-refractivity contribution in [3.8, 4) is 0 Å². The van der Waals surface area contributed by atoms with E-state index in [1.807, 2.05) is 0 Å². The zero-order valence-electron chi connectivity index (χ0n) is 9.37. The summed E-state index contributed by atoms with van der Waals surface area (Å²) < 4.78 is 10.4. The van der Waals surface area contributed by atoms with E-state index in [-0.39, 0.29) is 0 Å². The van der Waals surface area contributed by atoms with Gasteiger partial charge in [-0.05, 0) is 17.4 Å². The SMILES string of the molecule is CCCCCCCCCCC[P+](=O)O. The maximum absolute atomic E-state index is 10.4. The van der Waals surface area contributed by atoms with Crippen LogP contribution in [-0.4, -0.2) is 11.1 Å². The predicted molar refractivity (Wildman–Crippen MR) is 61.9 cm³/mol. The Balaban J connectivity index is 2.88. The minimum Gasteiger partial charge on any atom is -0.161 e. The van der Waals surface area contributed by atoms with Crippen molar-refractivity contribution >= 4 is 8.03 Å². The lowest BCUT2D eigenvalue weighted by atomic mass is 10.1. The first-order chi connectivity index (χ1) is 6.77. The van der Waals surface area contributed by atoms with Crippen molar-refractivity contribution in [3.05, 3.63) is 0 Å². The van der Waals surface area contributed by atoms with Gasteiger partial charge in [-0.1, -0.05) is 51.9 Å². The molecule has 0 spiro atoms. The quantitative estimate of drug-likeness (QED) is 0.440. The highest BCUT2D eigenvalue weighted by atomic mass is 31.1. The van der Waals surface area contributed by atoms with Gasteiger partial charge in [-0.3, -0.25) is 0 Å². The molecular weight excluding hydrogens is 195 g/mol. The van der Waals surface area contributed by atoms with Crippen molar-refractivity contribution < 1.29 is 9.46 Å². The van der Waals surface area contributed by atoms with Crippen LogP contribution in [0.5, 0.6) is 0 Å². The Hall–Kier alpha value is 0.0600. The number of hydrogen-bond acceptors (Lipinski definition) is 1. The summed E-state index contributed by atoms with van der Waals surface area (Å²) >= 11 is 0. The van der Waals surface area contributed by atoms with E-state index in [0.717, 1.165) is 12.8 Å². The summed E-state index contributed by atoms with van der Waals surface area (Å²) in [6, 6.07) is 0. The average Bonchev–Trinajstić information content (AvgIpc) is 2.15. The lowest BCUT2D eigenvalue weighted by Crippen LogP contribution is -1.82. The van der Waals surface area contributed by atoms with E-state index >= 15 is 0 Å². The summed E-state index contributed by atoms with van der Waals surface area (Å²) in [6.45, 7) is 2.23. The van der Waals surface area contributed by atoms with Crippen molar-refractivity contribution in [2.75, 3.05) is 6.16 Å². The third-order valence-corrected chi connectivity index (χ3v) is 3.15. The Morgan fingerprint density at radius 3 is 1.71 bits per heavy atom. The van der Waals surface area contributed by atoms with Gasteiger partial charge in [0, 0.05) is 0 Å². The third kappa shape index (κ3) is 12.1. The molecule has 0 heterocycles. The summed E-state index contributed by atoms with van der Waals surface area (Å²) in [6.07, 6.45) is 11.8. The second-order valence-electron chi connectivity index (χ2n) is 3.90. The molecule has 2 nitrogen and oxygen atoms in total. The molecule has 0 aromatic heterocycles. The largest absolute Gasteiger partial charge is 0.505 e. The fraction of sp³-hybridized carbons (Fsp3) is 1.00. The van der Waals surface area contributed by atoms with Crippen molar-refractivity contribution in [3.63, 3.8) is 0 Å². The molecular formula is C11H24O2P+. The number of hydrogen-bond donors (Lipinski definition) is 1. The van der Waals surface area contributed by atoms with Gasteiger partial charge in [-0.15, -0.1) is 0 Å². The van der Waals surface area contributed by atoms with Gasteiger partial charge in [0.15, 0.2) is 6.16 Å². The normalized spacial score (nSPS) is 11.7. The van der Waals surface area contributed by atoms with Crippen LogP contribution in [-0.2, 0) is 4.57 Å². The van der Waals surface area contributed by atoms with Gasteiger partial charge >= 0.3 is 8.03 Å². The Morgan fingerprint density at radius 2 is 1.29 bits per heavy atom. The fourth-order valence-corrected chi connectivity index (χ4v) is 2.05. The molecule has 0 radical (unpaired) electrons. The molecule has 0 aromatic carbocycles. The predicted octanol–water partition coefficient (Wildman–Crippen LogP) is 4.25. The highest BCUT2D eigenvalue weighted by molar-refractivity contribution is 7.37. The molecule has 14 heavy (non-hydrogen) atoms. The van der Waals surface area contributed by atoms with E-state index in [1.165, 1.54) is 44.9 Å². The minimum atomic E-state index is -1.88. The average molecular weight is 219 g/mol. The molecule has 0 aliphatic rings. The standard InChI is InChI=1S/C11H23O2P/c1-2-3-4-5-6-7-8-9-10-11-14(12)13/h2-11H2,1H3/p+1. The molecule has 0 aromatic rings. The maximum atomic E-state index is 10.4. The van der Waals surface area contributed by atoms with Crippen molar-refractivity contribution in [1.29, 1.82) is 0 Å². The monoisotopic (exact) mass is 219 g/mol. The smallest absolute Gasteiger partial charge is 0.161 e. The molecule has 0 aliphatic heterocycles. The molecule has 0 rings (SSSR count). The second kappa shape index (κ2) is 11.1. The lowest BCUT2D eigenvalue weighted by molar-refractivity contribution is 0.498. The molecule has 0 aliphatic carbocycles. The van der Waals surface area contributed by atoms with Crippen LogP contribution < -0.4 is 0 Å². The molecule has 1 N–H and O–H groups in total. The zero-order chi connectivity index (χ0) is 10.6. The van der Waals surface area contributed by atoms with Crippen molar-refractivity contribution in [2.24, 2.45) is 0 Å². The molecule has 0 bridgehead atoms. The fourth-order valence-electron chi connectivity index (χ4n) is 1.56. The molecule has 1 atom stereocenters. The Morgan fingerprint density at radius 1 is 0.857 bits per heavy atom. The summed E-state index contributed by atoms with van der Waals surface area (Å²) in [7, 11) is -1.88. The van der Waals surface area contributed by atoms with Crippen LogP contribution in [0.1, 0.15) is 64.7 Å². The molecule has 0 saturated heterocycles. The molecule has 84 valence electrons. The van der Waals surface area contributed by atoms with Gasteiger partial charge in [0.2, 0.25) is 0 Å². The summed E-state index contributed by atoms with van der Waals surface area (Å²) in [4.78, 5) is 8.56. The lowest BCUT2D eigenvalue weighted by Gasteiger charge is -1.99. The van der Waals surface area contributed by atoms with Crippen LogP contribution in [0.25, 0.3) is 0 Å². The second-order valence-corrected chi connectivity index (χ2v) is 5.06. The van der Waals surface area contributed by atoms with Crippen LogP contribution in [0.2, 0.25) is 0 Å². The summed E-state index contributed by atoms with van der Waals surface area (Å²) in [5.41, 5.74) is 0. The Bertz CT molecular complexity index is 137. The van der Waals surface area contributed by atoms with Crippen LogP contribution in [0.15, 0.2) is 0 Å². The van der Waals surface area contributed by atoms with Crippen LogP contribution in [0.3, 0.4) is 0 Å². The van der Waals surface area contributed by atoms with Gasteiger partial charge in [0.05, 0.1) is 0 Å². The van der Waals surface area contributed by atoms with Crippen molar-refractivity contribution in [1.82, 2.24) is 0 Å². The first-order valence-electron chi connectivity index (χ1n) is 5.91. The van der Waals surface area contributed by atoms with Crippen LogP contribution in [0, 0.1) is 0 Å². The molecule has 0 fully saturated rings. The van der Waals surface area contributed by atoms with E-state index < -0.39 is 8.03 Å². The Kier molecular flexibility index (Phi) is 11.2. The van der Waals surface area contributed by atoms with E-state index in [1.54, 1.807) is 0 Å². The van der Waals surface area contributed by atoms with E-state index in [0.29, 0.717) is 6.16 Å². The van der Waals surface area contributed by atoms with E-state index in [4.69, 9.17) is 4.89 Å². The van der Waals surface area contributed by atoms with E-state index in [9.17, 15) is 4.57 Å². The zero-order valence-corrected chi connectivity index (χ0v) is 10.3. The first kappa shape index (κ1) is 14.1. The van der Waals surface area contributed by atoms with Gasteiger partial charge < -0.3 is 0 Å². The molecule has 3 heteroatoms. The van der Waals surface area contributed by atoms with Gasteiger partial charge in [0.1, 0.15) is 0 Å². The number of rotatable bonds is 10. The van der Waals surface area contributed by atoms with Gasteiger partial charge in [-0.25, -0.2) is 0 Å².